The zero-order chi connectivity index (χ0) is 20.5. The van der Waals surface area contributed by atoms with Gasteiger partial charge in [-0.15, -0.1) is 0 Å². The standard InChI is InChI=1S/C20H21N3O5/c1-26-16-10-14(11-17(27-2)19(16)28-3)20(25)23-15-7-5-4-6-13(15)12-22-18(24)8-9-21/h4-7,10-11H,8,12H2,1-3H3,(H,22,24)(H,23,25). The normalized spacial score (nSPS) is 9.79. The van der Waals surface area contributed by atoms with Crippen molar-refractivity contribution < 1.29 is 23.8 Å². The van der Waals surface area contributed by atoms with Crippen molar-refractivity contribution in [3.05, 3.63) is 47.5 Å². The third kappa shape index (κ3) is 4.92. The van der Waals surface area contributed by atoms with E-state index in [9.17, 15) is 9.59 Å². The van der Waals surface area contributed by atoms with Gasteiger partial charge in [0.2, 0.25) is 11.7 Å². The molecule has 0 spiro atoms. The van der Waals surface area contributed by atoms with E-state index in [4.69, 9.17) is 19.5 Å². The number of anilines is 1. The quantitative estimate of drug-likeness (QED) is 0.725. The minimum absolute atomic E-state index is 0.187. The number of carbonyl (C=O) groups is 2. The van der Waals surface area contributed by atoms with Gasteiger partial charge in [0.15, 0.2) is 11.5 Å². The van der Waals surface area contributed by atoms with Gasteiger partial charge >= 0.3 is 0 Å². The molecule has 2 aromatic rings. The first-order valence-corrected chi connectivity index (χ1v) is 8.37. The van der Waals surface area contributed by atoms with Crippen molar-refractivity contribution in [1.82, 2.24) is 5.32 Å². The number of methoxy groups -OCH3 is 3. The monoisotopic (exact) mass is 383 g/mol. The summed E-state index contributed by atoms with van der Waals surface area (Å²) in [6.45, 7) is 0.187. The summed E-state index contributed by atoms with van der Waals surface area (Å²) in [7, 11) is 4.42. The van der Waals surface area contributed by atoms with Crippen LogP contribution in [0.25, 0.3) is 0 Å². The van der Waals surface area contributed by atoms with Crippen LogP contribution in [0.4, 0.5) is 5.69 Å². The Labute approximate surface area is 163 Å². The number of hydrogen-bond donors (Lipinski definition) is 2. The number of nitrogens with one attached hydrogen (secondary N) is 2. The molecule has 0 saturated heterocycles. The van der Waals surface area contributed by atoms with Crippen LogP contribution in [0.2, 0.25) is 0 Å². The lowest BCUT2D eigenvalue weighted by atomic mass is 10.1. The molecule has 0 fully saturated rings. The molecule has 28 heavy (non-hydrogen) atoms. The highest BCUT2D eigenvalue weighted by Gasteiger charge is 2.18. The zero-order valence-corrected chi connectivity index (χ0v) is 15.9. The number of hydrogen-bond acceptors (Lipinski definition) is 6. The molecule has 0 aliphatic carbocycles. The predicted molar refractivity (Wildman–Crippen MR) is 103 cm³/mol. The molecule has 2 aromatic carbocycles. The van der Waals surface area contributed by atoms with E-state index in [1.807, 2.05) is 0 Å². The summed E-state index contributed by atoms with van der Waals surface area (Å²) < 4.78 is 15.8. The van der Waals surface area contributed by atoms with Gasteiger partial charge in [-0.2, -0.15) is 5.26 Å². The van der Waals surface area contributed by atoms with Crippen molar-refractivity contribution in [2.45, 2.75) is 13.0 Å². The molecule has 0 saturated carbocycles. The lowest BCUT2D eigenvalue weighted by Gasteiger charge is -2.15. The maximum atomic E-state index is 12.7. The van der Waals surface area contributed by atoms with Crippen LogP contribution in [0.3, 0.4) is 0 Å². The van der Waals surface area contributed by atoms with Gasteiger partial charge in [0.05, 0.1) is 27.4 Å². The summed E-state index contributed by atoms with van der Waals surface area (Å²) in [6.07, 6.45) is -0.222. The summed E-state index contributed by atoms with van der Waals surface area (Å²) in [5.41, 5.74) is 1.56. The van der Waals surface area contributed by atoms with Crippen LogP contribution in [0, 0.1) is 11.3 Å². The van der Waals surface area contributed by atoms with Gasteiger partial charge in [-0.3, -0.25) is 9.59 Å². The van der Waals surface area contributed by atoms with Crippen LogP contribution in [0.5, 0.6) is 17.2 Å². The molecule has 0 aliphatic rings. The minimum atomic E-state index is -0.381. The second kappa shape index (κ2) is 9.83. The Hall–Kier alpha value is -3.73. The molecular weight excluding hydrogens is 362 g/mol. The molecule has 0 bridgehead atoms. The van der Waals surface area contributed by atoms with E-state index in [-0.39, 0.29) is 24.8 Å². The Morgan fingerprint density at radius 2 is 1.68 bits per heavy atom. The topological polar surface area (TPSA) is 110 Å². The van der Waals surface area contributed by atoms with E-state index in [1.165, 1.54) is 21.3 Å². The molecule has 8 nitrogen and oxygen atoms in total. The third-order valence-corrected chi connectivity index (χ3v) is 3.91. The van der Waals surface area contributed by atoms with E-state index in [0.717, 1.165) is 0 Å². The first-order chi connectivity index (χ1) is 13.5. The summed E-state index contributed by atoms with van der Waals surface area (Å²) in [5, 5.41) is 14.0. The molecule has 0 aromatic heterocycles. The smallest absolute Gasteiger partial charge is 0.255 e. The van der Waals surface area contributed by atoms with Crippen LogP contribution in [-0.2, 0) is 11.3 Å². The summed E-state index contributed by atoms with van der Waals surface area (Å²) in [4.78, 5) is 24.3. The SMILES string of the molecule is COc1cc(C(=O)Nc2ccccc2CNC(=O)CC#N)cc(OC)c1OC. The zero-order valence-electron chi connectivity index (χ0n) is 15.9. The fraction of sp³-hybridized carbons (Fsp3) is 0.250. The molecular formula is C20H21N3O5. The van der Waals surface area contributed by atoms with Crippen molar-refractivity contribution in [3.8, 4) is 23.3 Å². The summed E-state index contributed by atoms with van der Waals surface area (Å²) in [6, 6.07) is 11.9. The van der Waals surface area contributed by atoms with Crippen molar-refractivity contribution in [3.63, 3.8) is 0 Å². The molecule has 0 atom stereocenters. The number of benzene rings is 2. The lowest BCUT2D eigenvalue weighted by molar-refractivity contribution is -0.120. The third-order valence-electron chi connectivity index (χ3n) is 3.91. The van der Waals surface area contributed by atoms with Crippen molar-refractivity contribution in [1.29, 1.82) is 5.26 Å². The Bertz CT molecular complexity index is 880. The molecule has 146 valence electrons. The van der Waals surface area contributed by atoms with Gasteiger partial charge in [-0.25, -0.2) is 0 Å². The minimum Gasteiger partial charge on any atom is -0.493 e. The molecule has 2 rings (SSSR count). The number of ether oxygens (including phenoxy) is 3. The van der Waals surface area contributed by atoms with Gasteiger partial charge in [-0.1, -0.05) is 18.2 Å². The molecule has 0 aliphatic heterocycles. The fourth-order valence-electron chi connectivity index (χ4n) is 2.53. The first-order valence-electron chi connectivity index (χ1n) is 8.37. The van der Waals surface area contributed by atoms with Gasteiger partial charge in [0.25, 0.3) is 5.91 Å². The molecule has 2 N–H and O–H groups in total. The van der Waals surface area contributed by atoms with E-state index in [2.05, 4.69) is 10.6 Å². The van der Waals surface area contributed by atoms with Crippen LogP contribution < -0.4 is 24.8 Å². The van der Waals surface area contributed by atoms with Gasteiger partial charge in [0, 0.05) is 17.8 Å². The largest absolute Gasteiger partial charge is 0.493 e. The van der Waals surface area contributed by atoms with E-state index < -0.39 is 0 Å². The number of nitrogens with zero attached hydrogens (tertiary/aromatic N) is 1. The Kier molecular flexibility index (Phi) is 7.22. The fourth-order valence-corrected chi connectivity index (χ4v) is 2.53. The average molecular weight is 383 g/mol. The lowest BCUT2D eigenvalue weighted by Crippen LogP contribution is -2.23. The van der Waals surface area contributed by atoms with E-state index >= 15 is 0 Å². The van der Waals surface area contributed by atoms with Gasteiger partial charge in [0.1, 0.15) is 6.42 Å². The van der Waals surface area contributed by atoms with E-state index in [1.54, 1.807) is 42.5 Å². The summed E-state index contributed by atoms with van der Waals surface area (Å²) in [5.74, 6) is 0.360. The molecule has 8 heteroatoms. The highest BCUT2D eigenvalue weighted by Crippen LogP contribution is 2.38. The van der Waals surface area contributed by atoms with Gasteiger partial charge < -0.3 is 24.8 Å². The second-order valence-corrected chi connectivity index (χ2v) is 5.64. The van der Waals surface area contributed by atoms with Crippen molar-refractivity contribution in [2.24, 2.45) is 0 Å². The Morgan fingerprint density at radius 1 is 1.04 bits per heavy atom. The molecule has 0 heterocycles. The number of rotatable bonds is 8. The average Bonchev–Trinajstić information content (AvgIpc) is 2.72. The number of carbonyl (C=O) groups excluding carboxylic acids is 2. The maximum Gasteiger partial charge on any atom is 0.255 e. The number of amides is 2. The molecule has 0 unspecified atom stereocenters. The first kappa shape index (κ1) is 20.6. The predicted octanol–water partition coefficient (Wildman–Crippen LogP) is 2.49. The van der Waals surface area contributed by atoms with Crippen molar-refractivity contribution in [2.75, 3.05) is 26.6 Å². The Balaban J connectivity index is 2.24. The maximum absolute atomic E-state index is 12.7. The second-order valence-electron chi connectivity index (χ2n) is 5.64. The van der Waals surface area contributed by atoms with Crippen LogP contribution >= 0.6 is 0 Å². The van der Waals surface area contributed by atoms with E-state index in [0.29, 0.717) is 34.1 Å². The summed E-state index contributed by atoms with van der Waals surface area (Å²) >= 11 is 0. The van der Waals surface area contributed by atoms with Crippen LogP contribution in [0.15, 0.2) is 36.4 Å². The van der Waals surface area contributed by atoms with Crippen LogP contribution in [0.1, 0.15) is 22.3 Å². The highest BCUT2D eigenvalue weighted by molar-refractivity contribution is 6.05. The van der Waals surface area contributed by atoms with Gasteiger partial charge in [-0.05, 0) is 23.8 Å². The Morgan fingerprint density at radius 3 is 2.25 bits per heavy atom. The number of para-hydroxylation sites is 1. The highest BCUT2D eigenvalue weighted by atomic mass is 16.5. The van der Waals surface area contributed by atoms with Crippen molar-refractivity contribution >= 4 is 17.5 Å². The number of nitriles is 1. The molecule has 2 amide bonds. The molecule has 0 radical (unpaired) electrons. The van der Waals surface area contributed by atoms with Crippen LogP contribution in [-0.4, -0.2) is 33.1 Å².